The highest BCUT2D eigenvalue weighted by atomic mass is 16.5. The Morgan fingerprint density at radius 1 is 0.507 bits per heavy atom. The summed E-state index contributed by atoms with van der Waals surface area (Å²) in [6, 6.07) is 54.7. The maximum atomic E-state index is 12.3. The largest absolute Gasteiger partial charge is 0.484 e. The number of rotatable bonds is 15. The average Bonchev–Trinajstić information content (AvgIpc) is 4.21. The second-order valence-electron chi connectivity index (χ2n) is 17.7. The Labute approximate surface area is 437 Å². The van der Waals surface area contributed by atoms with Crippen molar-refractivity contribution >= 4 is 17.9 Å². The zero-order valence-electron chi connectivity index (χ0n) is 41.8. The maximum Gasteiger partial charge on any atom is 0.341 e. The van der Waals surface area contributed by atoms with Crippen LogP contribution in [-0.4, -0.2) is 103 Å². The number of carboxylic acid groups (broad SMARTS) is 1. The van der Waals surface area contributed by atoms with E-state index in [1.807, 2.05) is 91.0 Å². The molecule has 2 saturated heterocycles. The first-order valence-corrected chi connectivity index (χ1v) is 24.9. The van der Waals surface area contributed by atoms with Gasteiger partial charge in [-0.25, -0.2) is 19.6 Å². The average molecular weight is 1010 g/mol. The van der Waals surface area contributed by atoms with E-state index in [9.17, 15) is 14.4 Å². The Bertz CT molecular complexity index is 2790. The Balaban J connectivity index is 0.000000158. The molecule has 2 aliphatic rings. The summed E-state index contributed by atoms with van der Waals surface area (Å²) in [5.74, 6) is 2.99. The smallest absolute Gasteiger partial charge is 0.341 e. The van der Waals surface area contributed by atoms with Gasteiger partial charge in [-0.05, 0) is 123 Å². The van der Waals surface area contributed by atoms with Gasteiger partial charge in [0.25, 0.3) is 5.91 Å². The molecule has 2 aromatic heterocycles. The quantitative estimate of drug-likeness (QED) is 0.0881. The third kappa shape index (κ3) is 19.8. The summed E-state index contributed by atoms with van der Waals surface area (Å²) in [6.45, 7) is 5.99. The van der Waals surface area contributed by atoms with Crippen LogP contribution in [0.15, 0.2) is 207 Å². The van der Waals surface area contributed by atoms with Gasteiger partial charge >= 0.3 is 12.0 Å². The normalized spacial score (nSPS) is 13.7. The molecule has 0 radical (unpaired) electrons. The molecule has 0 spiro atoms. The fourth-order valence-electron chi connectivity index (χ4n) is 7.93. The number of aromatic nitrogens is 4. The third-order valence-electron chi connectivity index (χ3n) is 11.9. The van der Waals surface area contributed by atoms with Crippen LogP contribution in [0.4, 0.5) is 4.79 Å². The van der Waals surface area contributed by atoms with E-state index < -0.39 is 5.97 Å². The lowest BCUT2D eigenvalue weighted by atomic mass is 10.0. The van der Waals surface area contributed by atoms with Gasteiger partial charge in [-0.3, -0.25) is 23.7 Å². The SMILES string of the molecule is NC1CCN(Cc2ccccc2)CC1.O=C(COc1ccc(Oc2ccccc2)cc1)NC1CCN(Cc2ccccc2)CC1.O=C(O)COc1ccc(Oc2ccccc2)cc1.O=C(n1ccnc1)n1ccnc1. The molecule has 1 amide bonds. The molecule has 75 heavy (non-hydrogen) atoms. The summed E-state index contributed by atoms with van der Waals surface area (Å²) in [6.07, 6.45) is 13.4. The Morgan fingerprint density at radius 2 is 0.880 bits per heavy atom. The molecule has 0 saturated carbocycles. The molecule has 2 aliphatic heterocycles. The first-order valence-electron chi connectivity index (χ1n) is 24.9. The molecular formula is C59H64N8O8. The van der Waals surface area contributed by atoms with Gasteiger partial charge in [-0.15, -0.1) is 0 Å². The minimum absolute atomic E-state index is 0.0170. The lowest BCUT2D eigenvalue weighted by Gasteiger charge is -2.32. The van der Waals surface area contributed by atoms with Crippen molar-refractivity contribution in [2.75, 3.05) is 39.4 Å². The molecule has 0 aliphatic carbocycles. The van der Waals surface area contributed by atoms with Crippen molar-refractivity contribution in [3.63, 3.8) is 0 Å². The van der Waals surface area contributed by atoms with Crippen LogP contribution in [0.3, 0.4) is 0 Å². The molecule has 4 heterocycles. The molecule has 0 bridgehead atoms. The molecule has 10 rings (SSSR count). The standard InChI is InChI=1S/C26H28N2O3.C14H12O4.C12H18N2.C7H6N4O/c29-26(27-22-15-17-28(18-16-22)19-21-7-3-1-4-8-21)20-30-23-11-13-25(14-12-23)31-24-9-5-2-6-10-24;15-14(16)10-17-11-6-8-13(9-7-11)18-12-4-2-1-3-5-12;13-12-6-8-14(9-7-12)10-11-4-2-1-3-5-11;12-7(10-3-1-8-5-10)11-4-2-9-6-11/h1-14,22H,15-20H2,(H,27,29);1-9H,10H2,(H,15,16);1-5,12H,6-10,13H2;1-6H. The van der Waals surface area contributed by atoms with Crippen LogP contribution in [-0.2, 0) is 22.7 Å². The molecule has 2 fully saturated rings. The monoisotopic (exact) mass is 1010 g/mol. The number of nitrogens with zero attached hydrogens (tertiary/aromatic N) is 6. The van der Waals surface area contributed by atoms with Crippen LogP contribution >= 0.6 is 0 Å². The van der Waals surface area contributed by atoms with Crippen LogP contribution in [0, 0.1) is 0 Å². The number of aliphatic carboxylic acids is 1. The number of imidazole rings is 2. The maximum absolute atomic E-state index is 12.3. The zero-order chi connectivity index (χ0) is 52.3. The fraction of sp³-hybridized carbons (Fsp3) is 0.237. The number of carbonyl (C=O) groups excluding carboxylic acids is 2. The van der Waals surface area contributed by atoms with Crippen molar-refractivity contribution in [1.82, 2.24) is 34.2 Å². The summed E-state index contributed by atoms with van der Waals surface area (Å²) in [5, 5.41) is 11.6. The number of ether oxygens (including phenoxy) is 4. The molecule has 8 aromatic rings. The number of para-hydroxylation sites is 2. The number of benzene rings is 6. The van der Waals surface area contributed by atoms with E-state index >= 15 is 0 Å². The number of likely N-dealkylation sites (tertiary alicyclic amines) is 2. The number of piperidine rings is 2. The number of nitrogens with two attached hydrogens (primary N) is 1. The van der Waals surface area contributed by atoms with Crippen LogP contribution in [0.2, 0.25) is 0 Å². The van der Waals surface area contributed by atoms with E-state index in [1.54, 1.807) is 49.1 Å². The fourth-order valence-corrected chi connectivity index (χ4v) is 7.93. The number of amides is 1. The van der Waals surface area contributed by atoms with Crippen molar-refractivity contribution in [1.29, 1.82) is 0 Å². The molecule has 388 valence electrons. The van der Waals surface area contributed by atoms with Crippen LogP contribution < -0.4 is 30.0 Å². The highest BCUT2D eigenvalue weighted by Crippen LogP contribution is 2.25. The van der Waals surface area contributed by atoms with Gasteiger partial charge in [0, 0.05) is 63.1 Å². The zero-order valence-corrected chi connectivity index (χ0v) is 41.8. The highest BCUT2D eigenvalue weighted by molar-refractivity contribution is 5.78. The summed E-state index contributed by atoms with van der Waals surface area (Å²) < 4.78 is 24.8. The minimum Gasteiger partial charge on any atom is -0.484 e. The number of hydrogen-bond donors (Lipinski definition) is 3. The van der Waals surface area contributed by atoms with Crippen molar-refractivity contribution in [3.8, 4) is 34.5 Å². The van der Waals surface area contributed by atoms with Gasteiger partial charge in [0.05, 0.1) is 0 Å². The van der Waals surface area contributed by atoms with E-state index in [4.69, 9.17) is 29.8 Å². The predicted octanol–water partition coefficient (Wildman–Crippen LogP) is 9.79. The first-order chi connectivity index (χ1) is 36.7. The molecule has 6 aromatic carbocycles. The van der Waals surface area contributed by atoms with Crippen LogP contribution in [0.25, 0.3) is 0 Å². The van der Waals surface area contributed by atoms with Gasteiger partial charge in [0.2, 0.25) is 0 Å². The number of nitrogens with one attached hydrogen (secondary N) is 1. The van der Waals surface area contributed by atoms with Crippen LogP contribution in [0.5, 0.6) is 34.5 Å². The Kier molecular flexibility index (Phi) is 21.6. The van der Waals surface area contributed by atoms with E-state index in [0.29, 0.717) is 23.3 Å². The highest BCUT2D eigenvalue weighted by Gasteiger charge is 2.21. The topological polar surface area (TPSA) is 189 Å². The first kappa shape index (κ1) is 54.2. The summed E-state index contributed by atoms with van der Waals surface area (Å²) in [5.41, 5.74) is 8.60. The van der Waals surface area contributed by atoms with Gasteiger partial charge in [-0.1, -0.05) is 97.1 Å². The molecule has 0 unspecified atom stereocenters. The molecule has 16 nitrogen and oxygen atoms in total. The molecule has 16 heteroatoms. The second-order valence-corrected chi connectivity index (χ2v) is 17.7. The van der Waals surface area contributed by atoms with E-state index in [-0.39, 0.29) is 31.2 Å². The number of carbonyl (C=O) groups is 3. The second kappa shape index (κ2) is 29.8. The minimum atomic E-state index is -1.00. The third-order valence-corrected chi connectivity index (χ3v) is 11.9. The van der Waals surface area contributed by atoms with Crippen molar-refractivity contribution in [2.24, 2.45) is 5.73 Å². The Hall–Kier alpha value is -8.57. The summed E-state index contributed by atoms with van der Waals surface area (Å²) in [7, 11) is 0. The molecular weight excluding hydrogens is 949 g/mol. The van der Waals surface area contributed by atoms with E-state index in [1.165, 1.54) is 32.9 Å². The van der Waals surface area contributed by atoms with Gasteiger partial charge in [-0.2, -0.15) is 0 Å². The Morgan fingerprint density at radius 3 is 1.28 bits per heavy atom. The molecule has 0 atom stereocenters. The van der Waals surface area contributed by atoms with E-state index in [2.05, 4.69) is 79.7 Å². The van der Waals surface area contributed by atoms with E-state index in [0.717, 1.165) is 82.2 Å². The van der Waals surface area contributed by atoms with Crippen molar-refractivity contribution in [3.05, 3.63) is 218 Å². The lowest BCUT2D eigenvalue weighted by Crippen LogP contribution is -2.45. The summed E-state index contributed by atoms with van der Waals surface area (Å²) >= 11 is 0. The van der Waals surface area contributed by atoms with Gasteiger partial charge < -0.3 is 35.1 Å². The summed E-state index contributed by atoms with van der Waals surface area (Å²) in [4.78, 5) is 46.5. The van der Waals surface area contributed by atoms with Gasteiger partial charge in [0.15, 0.2) is 13.2 Å². The lowest BCUT2D eigenvalue weighted by molar-refractivity contribution is -0.139. The van der Waals surface area contributed by atoms with Crippen LogP contribution in [0.1, 0.15) is 36.8 Å². The number of carboxylic acids is 1. The van der Waals surface area contributed by atoms with Crippen molar-refractivity contribution < 1.29 is 38.4 Å². The number of hydrogen-bond acceptors (Lipinski definition) is 12. The van der Waals surface area contributed by atoms with Gasteiger partial charge in [0.1, 0.15) is 47.2 Å². The predicted molar refractivity (Wildman–Crippen MR) is 287 cm³/mol. The van der Waals surface area contributed by atoms with Crippen molar-refractivity contribution in [2.45, 2.75) is 50.9 Å². The molecule has 4 N–H and O–H groups in total.